The zero-order valence-corrected chi connectivity index (χ0v) is 14.4. The molecule has 26 heavy (non-hydrogen) atoms. The third-order valence-electron chi connectivity index (χ3n) is 5.51. The van der Waals surface area contributed by atoms with Crippen molar-refractivity contribution in [2.75, 3.05) is 18.1 Å². The highest BCUT2D eigenvalue weighted by Gasteiger charge is 2.37. The van der Waals surface area contributed by atoms with Crippen molar-refractivity contribution in [3.63, 3.8) is 0 Å². The first-order valence-electron chi connectivity index (χ1n) is 9.06. The molecule has 2 atom stereocenters. The van der Waals surface area contributed by atoms with E-state index >= 15 is 0 Å². The molecule has 0 amide bonds. The molecular weight excluding hydrogens is 326 g/mol. The Hall–Kier alpha value is -2.91. The lowest BCUT2D eigenvalue weighted by Crippen LogP contribution is -2.49. The van der Waals surface area contributed by atoms with Crippen LogP contribution in [0.3, 0.4) is 0 Å². The van der Waals surface area contributed by atoms with Gasteiger partial charge < -0.3 is 14.6 Å². The second-order valence-corrected chi connectivity index (χ2v) is 6.92. The molecule has 0 radical (unpaired) electrons. The number of ether oxygens (including phenoxy) is 1. The minimum atomic E-state index is 0.304. The van der Waals surface area contributed by atoms with Crippen LogP contribution in [0.5, 0.6) is 0 Å². The summed E-state index contributed by atoms with van der Waals surface area (Å²) >= 11 is 0. The van der Waals surface area contributed by atoms with Crippen molar-refractivity contribution >= 4 is 16.9 Å². The van der Waals surface area contributed by atoms with Crippen LogP contribution in [0.15, 0.2) is 36.8 Å². The topological polar surface area (TPSA) is 77.8 Å². The Morgan fingerprint density at radius 2 is 2.23 bits per heavy atom. The second kappa shape index (κ2) is 6.11. The maximum atomic E-state index is 9.23. The minimum absolute atomic E-state index is 0.304. The first kappa shape index (κ1) is 15.4. The average molecular weight is 345 g/mol. The Morgan fingerprint density at radius 1 is 1.27 bits per heavy atom. The fraction of sp³-hybridized carbons (Fsp3) is 0.350. The number of fused-ring (bicyclic) bond motifs is 2. The first-order valence-corrected chi connectivity index (χ1v) is 9.06. The van der Waals surface area contributed by atoms with E-state index in [2.05, 4.69) is 25.9 Å². The Kier molecular flexibility index (Phi) is 3.61. The van der Waals surface area contributed by atoms with Gasteiger partial charge in [0.05, 0.1) is 35.8 Å². The number of nitrogens with zero attached hydrogens (tertiary/aromatic N) is 4. The number of morpholine rings is 1. The summed E-state index contributed by atoms with van der Waals surface area (Å²) in [6, 6.07) is 10.3. The van der Waals surface area contributed by atoms with E-state index in [4.69, 9.17) is 4.74 Å². The van der Waals surface area contributed by atoms with Gasteiger partial charge in [0.1, 0.15) is 17.8 Å². The predicted molar refractivity (Wildman–Crippen MR) is 98.8 cm³/mol. The summed E-state index contributed by atoms with van der Waals surface area (Å²) in [6.45, 7) is 1.58. The minimum Gasteiger partial charge on any atom is -0.374 e. The third-order valence-corrected chi connectivity index (χ3v) is 5.51. The van der Waals surface area contributed by atoms with Crippen LogP contribution < -0.4 is 4.90 Å². The number of nitrogens with one attached hydrogen (secondary N) is 1. The van der Waals surface area contributed by atoms with Gasteiger partial charge in [-0.2, -0.15) is 5.26 Å². The molecule has 0 bridgehead atoms. The van der Waals surface area contributed by atoms with Gasteiger partial charge in [0.25, 0.3) is 0 Å². The zero-order chi connectivity index (χ0) is 17.5. The van der Waals surface area contributed by atoms with E-state index in [9.17, 15) is 5.26 Å². The van der Waals surface area contributed by atoms with Gasteiger partial charge in [-0.3, -0.25) is 0 Å². The van der Waals surface area contributed by atoms with E-state index in [-0.39, 0.29) is 0 Å². The molecule has 3 heterocycles. The SMILES string of the molecule is N#Cc1cccc(-c2c[nH]c3ncnc(N4CCO[C@H]5CCC[C@H]54)c23)c1. The van der Waals surface area contributed by atoms with E-state index in [0.29, 0.717) is 17.7 Å². The van der Waals surface area contributed by atoms with Crippen LogP contribution in [-0.4, -0.2) is 40.2 Å². The van der Waals surface area contributed by atoms with Crippen molar-refractivity contribution in [1.29, 1.82) is 5.26 Å². The van der Waals surface area contributed by atoms with Crippen molar-refractivity contribution in [3.05, 3.63) is 42.4 Å². The quantitative estimate of drug-likeness (QED) is 0.771. The van der Waals surface area contributed by atoms with E-state index in [1.807, 2.05) is 30.5 Å². The number of hydrogen-bond acceptors (Lipinski definition) is 5. The molecule has 1 saturated carbocycles. The number of benzene rings is 1. The highest BCUT2D eigenvalue weighted by atomic mass is 16.5. The lowest BCUT2D eigenvalue weighted by Gasteiger charge is -2.38. The van der Waals surface area contributed by atoms with E-state index in [0.717, 1.165) is 54.0 Å². The fourth-order valence-electron chi connectivity index (χ4n) is 4.34. The molecule has 6 heteroatoms. The molecule has 2 aromatic heterocycles. The molecule has 2 aliphatic rings. The molecule has 1 N–H and O–H groups in total. The largest absolute Gasteiger partial charge is 0.374 e. The van der Waals surface area contributed by atoms with Crippen molar-refractivity contribution in [2.45, 2.75) is 31.4 Å². The van der Waals surface area contributed by atoms with Gasteiger partial charge in [0.2, 0.25) is 0 Å². The maximum absolute atomic E-state index is 9.23. The Morgan fingerprint density at radius 3 is 3.15 bits per heavy atom. The van der Waals surface area contributed by atoms with Gasteiger partial charge in [0, 0.05) is 18.3 Å². The number of H-pyrrole nitrogens is 1. The number of nitriles is 1. The number of hydrogen-bond donors (Lipinski definition) is 1. The van der Waals surface area contributed by atoms with Crippen molar-refractivity contribution in [2.24, 2.45) is 0 Å². The summed E-state index contributed by atoms with van der Waals surface area (Å²) in [4.78, 5) is 14.8. The number of aromatic nitrogens is 3. The van der Waals surface area contributed by atoms with E-state index in [1.165, 1.54) is 6.42 Å². The molecule has 3 aromatic rings. The van der Waals surface area contributed by atoms with Gasteiger partial charge in [-0.15, -0.1) is 0 Å². The number of rotatable bonds is 2. The van der Waals surface area contributed by atoms with Crippen LogP contribution in [0, 0.1) is 11.3 Å². The summed E-state index contributed by atoms with van der Waals surface area (Å²) < 4.78 is 5.96. The Balaban J connectivity index is 1.67. The normalized spacial score (nSPS) is 22.3. The standard InChI is InChI=1S/C20H19N5O/c21-10-13-3-1-4-14(9-13)15-11-22-19-18(15)20(24-12-23-19)25-7-8-26-17-6-2-5-16(17)25/h1,3-4,9,11-12,16-17H,2,5-8H2,(H,22,23,24)/t16-,17+/m1/s1. The third kappa shape index (κ3) is 2.36. The fourth-order valence-corrected chi connectivity index (χ4v) is 4.34. The molecule has 130 valence electrons. The smallest absolute Gasteiger partial charge is 0.143 e. The molecule has 6 nitrogen and oxygen atoms in total. The number of anilines is 1. The summed E-state index contributed by atoms with van der Waals surface area (Å²) in [5.41, 5.74) is 3.52. The molecule has 1 saturated heterocycles. The molecule has 0 spiro atoms. The summed E-state index contributed by atoms with van der Waals surface area (Å²) in [5.74, 6) is 0.966. The Labute approximate surface area is 151 Å². The summed E-state index contributed by atoms with van der Waals surface area (Å²) in [7, 11) is 0. The number of aromatic amines is 1. The van der Waals surface area contributed by atoms with Crippen molar-refractivity contribution in [3.8, 4) is 17.2 Å². The van der Waals surface area contributed by atoms with Crippen LogP contribution in [0.25, 0.3) is 22.2 Å². The average Bonchev–Trinajstić information content (AvgIpc) is 3.34. The van der Waals surface area contributed by atoms with Crippen LogP contribution >= 0.6 is 0 Å². The van der Waals surface area contributed by atoms with Crippen LogP contribution in [0.4, 0.5) is 5.82 Å². The lowest BCUT2D eigenvalue weighted by atomic mass is 10.0. The molecule has 1 aromatic carbocycles. The van der Waals surface area contributed by atoms with Crippen molar-refractivity contribution in [1.82, 2.24) is 15.0 Å². The molecule has 2 fully saturated rings. The molecule has 5 rings (SSSR count). The second-order valence-electron chi connectivity index (χ2n) is 6.92. The van der Waals surface area contributed by atoms with E-state index in [1.54, 1.807) is 6.33 Å². The lowest BCUT2D eigenvalue weighted by molar-refractivity contribution is 0.0254. The van der Waals surface area contributed by atoms with E-state index < -0.39 is 0 Å². The molecule has 1 aliphatic carbocycles. The monoisotopic (exact) mass is 345 g/mol. The summed E-state index contributed by atoms with van der Waals surface area (Å²) in [6.07, 6.45) is 7.36. The van der Waals surface area contributed by atoms with Gasteiger partial charge in [-0.25, -0.2) is 9.97 Å². The van der Waals surface area contributed by atoms with Gasteiger partial charge in [-0.1, -0.05) is 12.1 Å². The summed E-state index contributed by atoms with van der Waals surface area (Å²) in [5, 5.41) is 10.3. The Bertz CT molecular complexity index is 1000. The maximum Gasteiger partial charge on any atom is 0.143 e. The highest BCUT2D eigenvalue weighted by Crippen LogP contribution is 2.38. The van der Waals surface area contributed by atoms with Crippen LogP contribution in [0.2, 0.25) is 0 Å². The predicted octanol–water partition coefficient (Wildman–Crippen LogP) is 3.25. The van der Waals surface area contributed by atoms with Gasteiger partial charge in [0.15, 0.2) is 0 Å². The molecular formula is C20H19N5O. The van der Waals surface area contributed by atoms with Crippen LogP contribution in [-0.2, 0) is 4.74 Å². The zero-order valence-electron chi connectivity index (χ0n) is 14.4. The molecule has 1 aliphatic heterocycles. The molecule has 0 unspecified atom stereocenters. The highest BCUT2D eigenvalue weighted by molar-refractivity contribution is 6.01. The van der Waals surface area contributed by atoms with Crippen LogP contribution in [0.1, 0.15) is 24.8 Å². The van der Waals surface area contributed by atoms with Crippen molar-refractivity contribution < 1.29 is 4.74 Å². The first-order chi connectivity index (χ1) is 12.8. The van der Waals surface area contributed by atoms with Gasteiger partial charge >= 0.3 is 0 Å². The van der Waals surface area contributed by atoms with Gasteiger partial charge in [-0.05, 0) is 37.0 Å².